The predicted molar refractivity (Wildman–Crippen MR) is 68.7 cm³/mol. The molecule has 100 valence electrons. The fraction of sp³-hybridized carbons (Fsp3) is 0.214. The molecule has 2 rings (SSSR count). The van der Waals surface area contributed by atoms with Gasteiger partial charge in [0.2, 0.25) is 5.78 Å². The Morgan fingerprint density at radius 2 is 1.68 bits per heavy atom. The van der Waals surface area contributed by atoms with Gasteiger partial charge in [0, 0.05) is 10.4 Å². The molecule has 5 heteroatoms. The van der Waals surface area contributed by atoms with Crippen molar-refractivity contribution >= 4 is 17.1 Å². The van der Waals surface area contributed by atoms with Crippen molar-refractivity contribution < 1.29 is 18.0 Å². The number of ketones is 1. The molecule has 0 atom stereocenters. The average Bonchev–Trinajstić information content (AvgIpc) is 2.68. The van der Waals surface area contributed by atoms with E-state index in [-0.39, 0.29) is 11.3 Å². The molecule has 0 saturated heterocycles. The van der Waals surface area contributed by atoms with E-state index in [2.05, 4.69) is 0 Å². The summed E-state index contributed by atoms with van der Waals surface area (Å²) >= 11 is 1.36. The largest absolute Gasteiger partial charge is 0.416 e. The number of benzene rings is 1. The number of alkyl halides is 3. The molecule has 0 aliphatic heterocycles. The fourth-order valence-electron chi connectivity index (χ4n) is 1.64. The summed E-state index contributed by atoms with van der Waals surface area (Å²) in [6.07, 6.45) is -4.38. The third-order valence-electron chi connectivity index (χ3n) is 2.86. The summed E-state index contributed by atoms with van der Waals surface area (Å²) in [5.41, 5.74) is 0.539. The second-order valence-corrected chi connectivity index (χ2v) is 5.51. The highest BCUT2D eigenvalue weighted by Gasteiger charge is 2.30. The highest BCUT2D eigenvalue weighted by molar-refractivity contribution is 7.14. The van der Waals surface area contributed by atoms with Crippen LogP contribution in [0.25, 0.3) is 0 Å². The van der Waals surface area contributed by atoms with Gasteiger partial charge < -0.3 is 0 Å². The highest BCUT2D eigenvalue weighted by atomic mass is 32.1. The van der Waals surface area contributed by atoms with Crippen molar-refractivity contribution in [1.82, 2.24) is 0 Å². The Kier molecular flexibility index (Phi) is 3.49. The van der Waals surface area contributed by atoms with Crippen molar-refractivity contribution in [2.75, 3.05) is 0 Å². The van der Waals surface area contributed by atoms with Crippen molar-refractivity contribution in [3.63, 3.8) is 0 Å². The maximum absolute atomic E-state index is 12.4. The zero-order valence-electron chi connectivity index (χ0n) is 10.3. The third-order valence-corrected chi connectivity index (χ3v) is 4.02. The second kappa shape index (κ2) is 4.81. The van der Waals surface area contributed by atoms with Crippen LogP contribution >= 0.6 is 11.3 Å². The van der Waals surface area contributed by atoms with Crippen molar-refractivity contribution in [2.45, 2.75) is 20.0 Å². The molecule has 19 heavy (non-hydrogen) atoms. The standard InChI is InChI=1S/C14H11F3OS/c1-8-7-12(19-9(8)2)13(18)10-3-5-11(6-4-10)14(15,16)17/h3-7H,1-2H3. The molecule has 1 nitrogen and oxygen atoms in total. The number of hydrogen-bond donors (Lipinski definition) is 0. The monoisotopic (exact) mass is 284 g/mol. The Labute approximate surface area is 112 Å². The lowest BCUT2D eigenvalue weighted by Crippen LogP contribution is -2.06. The van der Waals surface area contributed by atoms with Gasteiger partial charge in [-0.1, -0.05) is 12.1 Å². The summed E-state index contributed by atoms with van der Waals surface area (Å²) in [7, 11) is 0. The molecule has 0 aliphatic carbocycles. The van der Waals surface area contributed by atoms with E-state index in [1.54, 1.807) is 6.07 Å². The van der Waals surface area contributed by atoms with Crippen LogP contribution in [0.2, 0.25) is 0 Å². The van der Waals surface area contributed by atoms with Gasteiger partial charge in [0.1, 0.15) is 0 Å². The summed E-state index contributed by atoms with van der Waals surface area (Å²) in [6.45, 7) is 3.80. The molecule has 1 aromatic heterocycles. The number of halogens is 3. The normalized spacial score (nSPS) is 11.6. The zero-order chi connectivity index (χ0) is 14.2. The summed E-state index contributed by atoms with van der Waals surface area (Å²) in [4.78, 5) is 13.7. The van der Waals surface area contributed by atoms with E-state index in [1.165, 1.54) is 23.5 Å². The van der Waals surface area contributed by atoms with Crippen molar-refractivity contribution in [3.8, 4) is 0 Å². The minimum Gasteiger partial charge on any atom is -0.288 e. The number of rotatable bonds is 2. The molecule has 0 amide bonds. The Hall–Kier alpha value is -1.62. The fourth-order valence-corrected chi connectivity index (χ4v) is 2.63. The SMILES string of the molecule is Cc1cc(C(=O)c2ccc(C(F)(F)F)cc2)sc1C. The first-order chi connectivity index (χ1) is 8.79. The Balaban J connectivity index is 2.30. The van der Waals surface area contributed by atoms with Crippen LogP contribution in [0.3, 0.4) is 0 Å². The first kappa shape index (κ1) is 13.8. The molecule has 0 fully saturated rings. The van der Waals surface area contributed by atoms with Gasteiger partial charge in [-0.05, 0) is 37.6 Å². The van der Waals surface area contributed by atoms with Crippen molar-refractivity contribution in [2.24, 2.45) is 0 Å². The number of aryl methyl sites for hydroxylation is 2. The van der Waals surface area contributed by atoms with Crippen molar-refractivity contribution in [3.05, 3.63) is 56.8 Å². The van der Waals surface area contributed by atoms with Crippen LogP contribution in [0.4, 0.5) is 13.2 Å². The van der Waals surface area contributed by atoms with Crippen LogP contribution in [-0.4, -0.2) is 5.78 Å². The molecule has 0 unspecified atom stereocenters. The molecular weight excluding hydrogens is 273 g/mol. The molecule has 1 aromatic carbocycles. The molecule has 0 spiro atoms. The van der Waals surface area contributed by atoms with Crippen LogP contribution in [0.1, 0.15) is 31.2 Å². The summed E-state index contributed by atoms with van der Waals surface area (Å²) in [6, 6.07) is 6.06. The Morgan fingerprint density at radius 1 is 1.11 bits per heavy atom. The number of carbonyl (C=O) groups is 1. The predicted octanol–water partition coefficient (Wildman–Crippen LogP) is 4.61. The van der Waals surface area contributed by atoms with Crippen molar-refractivity contribution in [1.29, 1.82) is 0 Å². The Bertz CT molecular complexity index is 589. The number of thiophene rings is 1. The smallest absolute Gasteiger partial charge is 0.288 e. The quantitative estimate of drug-likeness (QED) is 0.736. The minimum absolute atomic E-state index is 0.241. The average molecular weight is 284 g/mol. The van der Waals surface area contributed by atoms with Crippen LogP contribution in [-0.2, 0) is 6.18 Å². The molecule has 0 radical (unpaired) electrons. The van der Waals surface area contributed by atoms with Gasteiger partial charge in [-0.25, -0.2) is 0 Å². The lowest BCUT2D eigenvalue weighted by atomic mass is 10.1. The zero-order valence-corrected chi connectivity index (χ0v) is 11.2. The van der Waals surface area contributed by atoms with Gasteiger partial charge in [0.05, 0.1) is 10.4 Å². The number of hydrogen-bond acceptors (Lipinski definition) is 2. The van der Waals surface area contributed by atoms with Gasteiger partial charge in [0.25, 0.3) is 0 Å². The Morgan fingerprint density at radius 3 is 2.11 bits per heavy atom. The first-order valence-electron chi connectivity index (χ1n) is 5.58. The van der Waals surface area contributed by atoms with Gasteiger partial charge >= 0.3 is 6.18 Å². The molecule has 0 aliphatic rings. The van der Waals surface area contributed by atoms with Gasteiger partial charge in [-0.2, -0.15) is 13.2 Å². The van der Waals surface area contributed by atoms with Gasteiger partial charge in [-0.15, -0.1) is 11.3 Å². The first-order valence-corrected chi connectivity index (χ1v) is 6.39. The molecular formula is C14H11F3OS. The van der Waals surface area contributed by atoms with Crippen LogP contribution in [0.5, 0.6) is 0 Å². The maximum atomic E-state index is 12.4. The number of carbonyl (C=O) groups excluding carboxylic acids is 1. The van der Waals surface area contributed by atoms with E-state index >= 15 is 0 Å². The molecule has 2 aromatic rings. The minimum atomic E-state index is -4.38. The second-order valence-electron chi connectivity index (χ2n) is 4.25. The summed E-state index contributed by atoms with van der Waals surface area (Å²) in [5, 5.41) is 0. The van der Waals surface area contributed by atoms with E-state index in [0.717, 1.165) is 22.6 Å². The van der Waals surface area contributed by atoms with Gasteiger partial charge in [0.15, 0.2) is 0 Å². The third kappa shape index (κ3) is 2.87. The molecule has 0 saturated carbocycles. The van der Waals surface area contributed by atoms with E-state index in [9.17, 15) is 18.0 Å². The molecule has 0 bridgehead atoms. The van der Waals surface area contributed by atoms with Crippen LogP contribution in [0, 0.1) is 13.8 Å². The van der Waals surface area contributed by atoms with E-state index < -0.39 is 11.7 Å². The lowest BCUT2D eigenvalue weighted by Gasteiger charge is -2.06. The van der Waals surface area contributed by atoms with Gasteiger partial charge in [-0.3, -0.25) is 4.79 Å². The highest BCUT2D eigenvalue weighted by Crippen LogP contribution is 2.30. The van der Waals surface area contributed by atoms with Crippen LogP contribution < -0.4 is 0 Å². The maximum Gasteiger partial charge on any atom is 0.416 e. The lowest BCUT2D eigenvalue weighted by molar-refractivity contribution is -0.137. The van der Waals surface area contributed by atoms with E-state index in [4.69, 9.17) is 0 Å². The topological polar surface area (TPSA) is 17.1 Å². The molecule has 1 heterocycles. The van der Waals surface area contributed by atoms with E-state index in [0.29, 0.717) is 4.88 Å². The molecule has 0 N–H and O–H groups in total. The van der Waals surface area contributed by atoms with E-state index in [1.807, 2.05) is 13.8 Å². The van der Waals surface area contributed by atoms with Crippen LogP contribution in [0.15, 0.2) is 30.3 Å². The summed E-state index contributed by atoms with van der Waals surface area (Å²) < 4.78 is 37.3. The summed E-state index contributed by atoms with van der Waals surface area (Å²) in [5.74, 6) is -0.241.